The fourth-order valence-corrected chi connectivity index (χ4v) is 3.22. The van der Waals surface area contributed by atoms with Crippen molar-refractivity contribution in [2.75, 3.05) is 13.1 Å². The smallest absolute Gasteiger partial charge is 0.223 e. The van der Waals surface area contributed by atoms with Gasteiger partial charge in [-0.1, -0.05) is 17.7 Å². The Kier molecular flexibility index (Phi) is 5.94. The summed E-state index contributed by atoms with van der Waals surface area (Å²) >= 11 is 0. The maximum absolute atomic E-state index is 12.4. The van der Waals surface area contributed by atoms with Crippen LogP contribution in [0.15, 0.2) is 18.2 Å². The summed E-state index contributed by atoms with van der Waals surface area (Å²) in [6, 6.07) is 6.07. The van der Waals surface area contributed by atoms with Crippen LogP contribution < -0.4 is 5.73 Å². The van der Waals surface area contributed by atoms with Gasteiger partial charge < -0.3 is 10.6 Å². The van der Waals surface area contributed by atoms with E-state index >= 15 is 0 Å². The Morgan fingerprint density at radius 1 is 1.22 bits per heavy atom. The summed E-state index contributed by atoms with van der Waals surface area (Å²) in [5, 5.41) is 0. The molecule has 1 amide bonds. The van der Waals surface area contributed by atoms with Gasteiger partial charge in [0.05, 0.1) is 0 Å². The first-order valence-electron chi connectivity index (χ1n) is 8.52. The fourth-order valence-electron chi connectivity index (χ4n) is 3.22. The number of rotatable bonds is 5. The molecule has 1 heterocycles. The van der Waals surface area contributed by atoms with Gasteiger partial charge in [-0.2, -0.15) is 0 Å². The van der Waals surface area contributed by atoms with E-state index in [2.05, 4.69) is 0 Å². The molecule has 1 atom stereocenters. The van der Waals surface area contributed by atoms with Crippen LogP contribution in [0.2, 0.25) is 0 Å². The Bertz CT molecular complexity index is 573. The van der Waals surface area contributed by atoms with Crippen molar-refractivity contribution in [2.24, 2.45) is 11.7 Å². The van der Waals surface area contributed by atoms with E-state index in [-0.39, 0.29) is 24.2 Å². The first-order chi connectivity index (χ1) is 10.9. The maximum Gasteiger partial charge on any atom is 0.223 e. The second kappa shape index (κ2) is 7.73. The summed E-state index contributed by atoms with van der Waals surface area (Å²) in [5.41, 5.74) is 8.72. The summed E-state index contributed by atoms with van der Waals surface area (Å²) in [6.07, 6.45) is 2.52. The summed E-state index contributed by atoms with van der Waals surface area (Å²) in [5.74, 6) is 0.660. The largest absolute Gasteiger partial charge is 0.343 e. The van der Waals surface area contributed by atoms with Gasteiger partial charge in [-0.15, -0.1) is 0 Å². The minimum absolute atomic E-state index is 0.0602. The number of carbonyl (C=O) groups is 2. The molecular formula is C19H28N2O2. The molecule has 2 N–H and O–H groups in total. The fraction of sp³-hybridized carbons (Fsp3) is 0.579. The molecule has 0 saturated carbocycles. The van der Waals surface area contributed by atoms with Crippen LogP contribution in [-0.2, 0) is 4.79 Å². The number of piperidine rings is 1. The predicted molar refractivity (Wildman–Crippen MR) is 92.4 cm³/mol. The molecule has 4 nitrogen and oxygen atoms in total. The topological polar surface area (TPSA) is 63.4 Å². The highest BCUT2D eigenvalue weighted by atomic mass is 16.2. The van der Waals surface area contributed by atoms with Crippen LogP contribution in [0.1, 0.15) is 54.1 Å². The Labute approximate surface area is 139 Å². The second-order valence-corrected chi connectivity index (χ2v) is 6.82. The van der Waals surface area contributed by atoms with Gasteiger partial charge in [-0.3, -0.25) is 9.59 Å². The van der Waals surface area contributed by atoms with Crippen molar-refractivity contribution in [3.63, 3.8) is 0 Å². The van der Waals surface area contributed by atoms with Crippen molar-refractivity contribution in [1.82, 2.24) is 4.90 Å². The molecule has 1 aliphatic heterocycles. The van der Waals surface area contributed by atoms with Gasteiger partial charge in [0.15, 0.2) is 5.78 Å². The number of hydrogen-bond donors (Lipinski definition) is 1. The molecular weight excluding hydrogens is 288 g/mol. The van der Waals surface area contributed by atoms with Gasteiger partial charge in [-0.25, -0.2) is 0 Å². The third kappa shape index (κ3) is 4.64. The standard InChI is InChI=1S/C19H28N2O2/c1-13-4-5-14(2)17(12-13)18(22)6-7-19(23)21-10-8-16(9-11-21)15(3)20/h4-5,12,15-16H,6-11,20H2,1-3H3. The molecule has 1 aromatic rings. The number of hydrogen-bond acceptors (Lipinski definition) is 3. The highest BCUT2D eigenvalue weighted by Crippen LogP contribution is 2.21. The van der Waals surface area contributed by atoms with E-state index < -0.39 is 0 Å². The van der Waals surface area contributed by atoms with E-state index in [1.165, 1.54) is 0 Å². The lowest BCUT2D eigenvalue weighted by atomic mass is 9.90. The number of amides is 1. The molecule has 2 rings (SSSR count). The van der Waals surface area contributed by atoms with Crippen molar-refractivity contribution in [2.45, 2.75) is 52.5 Å². The van der Waals surface area contributed by atoms with Crippen LogP contribution in [-0.4, -0.2) is 35.7 Å². The number of carbonyl (C=O) groups excluding carboxylic acids is 2. The normalized spacial score (nSPS) is 17.1. The highest BCUT2D eigenvalue weighted by Gasteiger charge is 2.25. The van der Waals surface area contributed by atoms with Crippen LogP contribution in [0.5, 0.6) is 0 Å². The number of nitrogens with two attached hydrogens (primary N) is 1. The Hall–Kier alpha value is -1.68. The second-order valence-electron chi connectivity index (χ2n) is 6.82. The monoisotopic (exact) mass is 316 g/mol. The number of likely N-dealkylation sites (tertiary alicyclic amines) is 1. The molecule has 0 aromatic heterocycles. The van der Waals surface area contributed by atoms with E-state index in [0.717, 1.165) is 42.6 Å². The van der Waals surface area contributed by atoms with E-state index in [4.69, 9.17) is 5.73 Å². The van der Waals surface area contributed by atoms with Crippen molar-refractivity contribution >= 4 is 11.7 Å². The van der Waals surface area contributed by atoms with Crippen LogP contribution in [0.25, 0.3) is 0 Å². The molecule has 0 bridgehead atoms. The number of benzene rings is 1. The van der Waals surface area contributed by atoms with Crippen LogP contribution in [0.4, 0.5) is 0 Å². The maximum atomic E-state index is 12.4. The summed E-state index contributed by atoms with van der Waals surface area (Å²) < 4.78 is 0. The van der Waals surface area contributed by atoms with Gasteiger partial charge in [0, 0.05) is 37.5 Å². The molecule has 0 spiro atoms. The molecule has 0 aliphatic carbocycles. The third-order valence-electron chi connectivity index (χ3n) is 4.90. The molecule has 4 heteroatoms. The summed E-state index contributed by atoms with van der Waals surface area (Å²) in [7, 11) is 0. The van der Waals surface area contributed by atoms with E-state index in [0.29, 0.717) is 12.3 Å². The Morgan fingerprint density at radius 2 is 1.87 bits per heavy atom. The minimum Gasteiger partial charge on any atom is -0.343 e. The summed E-state index contributed by atoms with van der Waals surface area (Å²) in [4.78, 5) is 26.5. The van der Waals surface area contributed by atoms with E-state index in [1.54, 1.807) is 0 Å². The quantitative estimate of drug-likeness (QED) is 0.850. The number of nitrogens with zero attached hydrogens (tertiary/aromatic N) is 1. The van der Waals surface area contributed by atoms with Crippen molar-refractivity contribution in [1.29, 1.82) is 0 Å². The average Bonchev–Trinajstić information content (AvgIpc) is 2.54. The SMILES string of the molecule is Cc1ccc(C)c(C(=O)CCC(=O)N2CCC(C(C)N)CC2)c1. The van der Waals surface area contributed by atoms with E-state index in [1.807, 2.05) is 43.9 Å². The average molecular weight is 316 g/mol. The number of Topliss-reactive ketones (excluding diaryl/α,β-unsaturated/α-hetero) is 1. The Morgan fingerprint density at radius 3 is 2.48 bits per heavy atom. The number of ketones is 1. The van der Waals surface area contributed by atoms with Gasteiger partial charge in [0.1, 0.15) is 0 Å². The zero-order valence-electron chi connectivity index (χ0n) is 14.5. The van der Waals surface area contributed by atoms with Crippen molar-refractivity contribution in [3.8, 4) is 0 Å². The molecule has 1 fully saturated rings. The first kappa shape index (κ1) is 17.7. The molecule has 1 aliphatic rings. The van der Waals surface area contributed by atoms with Crippen LogP contribution in [0.3, 0.4) is 0 Å². The van der Waals surface area contributed by atoms with Crippen LogP contribution in [0, 0.1) is 19.8 Å². The lowest BCUT2D eigenvalue weighted by Gasteiger charge is -2.33. The van der Waals surface area contributed by atoms with Gasteiger partial charge in [0.2, 0.25) is 5.91 Å². The van der Waals surface area contributed by atoms with Gasteiger partial charge in [-0.05, 0) is 51.2 Å². The first-order valence-corrected chi connectivity index (χ1v) is 8.52. The minimum atomic E-state index is 0.0602. The lowest BCUT2D eigenvalue weighted by Crippen LogP contribution is -2.42. The molecule has 0 radical (unpaired) electrons. The van der Waals surface area contributed by atoms with Gasteiger partial charge in [0.25, 0.3) is 0 Å². The van der Waals surface area contributed by atoms with Gasteiger partial charge >= 0.3 is 0 Å². The Balaban J connectivity index is 1.85. The van der Waals surface area contributed by atoms with Crippen LogP contribution >= 0.6 is 0 Å². The molecule has 126 valence electrons. The zero-order chi connectivity index (χ0) is 17.0. The highest BCUT2D eigenvalue weighted by molar-refractivity contribution is 5.99. The molecule has 1 unspecified atom stereocenters. The predicted octanol–water partition coefficient (Wildman–Crippen LogP) is 2.85. The third-order valence-corrected chi connectivity index (χ3v) is 4.90. The zero-order valence-corrected chi connectivity index (χ0v) is 14.5. The summed E-state index contributed by atoms with van der Waals surface area (Å²) in [6.45, 7) is 7.48. The van der Waals surface area contributed by atoms with Crippen molar-refractivity contribution < 1.29 is 9.59 Å². The molecule has 1 saturated heterocycles. The molecule has 23 heavy (non-hydrogen) atoms. The molecule has 1 aromatic carbocycles. The lowest BCUT2D eigenvalue weighted by molar-refractivity contribution is -0.132. The van der Waals surface area contributed by atoms with E-state index in [9.17, 15) is 9.59 Å². The van der Waals surface area contributed by atoms with Crippen molar-refractivity contribution in [3.05, 3.63) is 34.9 Å². The number of aryl methyl sites for hydroxylation is 2.